The summed E-state index contributed by atoms with van der Waals surface area (Å²) in [6.45, 7) is 7.66. The highest BCUT2D eigenvalue weighted by molar-refractivity contribution is 5.40. The second kappa shape index (κ2) is 7.42. The van der Waals surface area contributed by atoms with Gasteiger partial charge in [0, 0.05) is 18.2 Å². The maximum Gasteiger partial charge on any atom is 0.122 e. The van der Waals surface area contributed by atoms with E-state index in [1.165, 1.54) is 0 Å². The maximum absolute atomic E-state index is 9.21. The number of aliphatic hydroxyl groups excluding tert-OH is 1. The third-order valence-corrected chi connectivity index (χ3v) is 3.74. The summed E-state index contributed by atoms with van der Waals surface area (Å²) in [5, 5.41) is 13.6. The van der Waals surface area contributed by atoms with Crippen LogP contribution >= 0.6 is 0 Å². The Kier molecular flexibility index (Phi) is 5.57. The van der Waals surface area contributed by atoms with E-state index in [1.807, 2.05) is 37.6 Å². The summed E-state index contributed by atoms with van der Waals surface area (Å²) in [4.78, 5) is 0. The van der Waals surface area contributed by atoms with Gasteiger partial charge in [0.25, 0.3) is 0 Å². The number of rotatable bonds is 7. The molecule has 1 aromatic carbocycles. The molecule has 0 bridgehead atoms. The standard InChI is InChI=1S/C17H25N3O2/c1-4-22-17-6-5-14(9-12(17)2)15(11-18)16-10-13(3)19-20(16)7-8-21/h5-6,9-10,15,21H,4,7-8,11,18H2,1-3H3. The zero-order valence-electron chi connectivity index (χ0n) is 13.5. The predicted molar refractivity (Wildman–Crippen MR) is 87.3 cm³/mol. The molecule has 1 atom stereocenters. The average molecular weight is 303 g/mol. The van der Waals surface area contributed by atoms with Crippen LogP contribution in [-0.4, -0.2) is 34.6 Å². The van der Waals surface area contributed by atoms with Crippen molar-refractivity contribution >= 4 is 0 Å². The molecule has 1 aromatic heterocycles. The molecule has 0 spiro atoms. The van der Waals surface area contributed by atoms with E-state index < -0.39 is 0 Å². The summed E-state index contributed by atoms with van der Waals surface area (Å²) in [6.07, 6.45) is 0. The van der Waals surface area contributed by atoms with Crippen LogP contribution in [0.5, 0.6) is 5.75 Å². The van der Waals surface area contributed by atoms with Gasteiger partial charge in [0.1, 0.15) is 5.75 Å². The van der Waals surface area contributed by atoms with Crippen molar-refractivity contribution in [3.63, 3.8) is 0 Å². The first-order valence-electron chi connectivity index (χ1n) is 7.69. The Hall–Kier alpha value is -1.85. The number of benzene rings is 1. The summed E-state index contributed by atoms with van der Waals surface area (Å²) in [5.74, 6) is 0.962. The van der Waals surface area contributed by atoms with Gasteiger partial charge in [0.05, 0.1) is 25.5 Å². The summed E-state index contributed by atoms with van der Waals surface area (Å²) in [7, 11) is 0. The third-order valence-electron chi connectivity index (χ3n) is 3.74. The van der Waals surface area contributed by atoms with E-state index in [9.17, 15) is 5.11 Å². The number of aryl methyl sites for hydroxylation is 2. The smallest absolute Gasteiger partial charge is 0.122 e. The van der Waals surface area contributed by atoms with Gasteiger partial charge in [-0.3, -0.25) is 4.68 Å². The Bertz CT molecular complexity index is 622. The minimum Gasteiger partial charge on any atom is -0.494 e. The normalized spacial score (nSPS) is 12.4. The van der Waals surface area contributed by atoms with Gasteiger partial charge in [-0.25, -0.2) is 0 Å². The number of aromatic nitrogens is 2. The van der Waals surface area contributed by atoms with Crippen LogP contribution in [0.3, 0.4) is 0 Å². The molecule has 120 valence electrons. The molecule has 0 aliphatic heterocycles. The van der Waals surface area contributed by atoms with Crippen LogP contribution < -0.4 is 10.5 Å². The number of ether oxygens (including phenoxy) is 1. The van der Waals surface area contributed by atoms with Crippen LogP contribution in [0.15, 0.2) is 24.3 Å². The molecule has 1 unspecified atom stereocenters. The molecule has 0 radical (unpaired) electrons. The molecule has 0 saturated carbocycles. The van der Waals surface area contributed by atoms with Gasteiger partial charge in [0.2, 0.25) is 0 Å². The van der Waals surface area contributed by atoms with Crippen molar-refractivity contribution < 1.29 is 9.84 Å². The van der Waals surface area contributed by atoms with Crippen molar-refractivity contribution in [3.8, 4) is 5.75 Å². The molecule has 0 aliphatic rings. The Morgan fingerprint density at radius 2 is 2.09 bits per heavy atom. The quantitative estimate of drug-likeness (QED) is 0.820. The number of aliphatic hydroxyl groups is 1. The molecule has 1 heterocycles. The van der Waals surface area contributed by atoms with Gasteiger partial charge in [0.15, 0.2) is 0 Å². The van der Waals surface area contributed by atoms with Crippen molar-refractivity contribution in [3.05, 3.63) is 46.8 Å². The Morgan fingerprint density at radius 3 is 2.68 bits per heavy atom. The topological polar surface area (TPSA) is 73.3 Å². The molecule has 22 heavy (non-hydrogen) atoms. The summed E-state index contributed by atoms with van der Waals surface area (Å²) in [5.41, 5.74) is 10.2. The van der Waals surface area contributed by atoms with Gasteiger partial charge < -0.3 is 15.6 Å². The van der Waals surface area contributed by atoms with E-state index in [2.05, 4.69) is 17.2 Å². The first-order valence-corrected chi connectivity index (χ1v) is 7.69. The highest BCUT2D eigenvalue weighted by Gasteiger charge is 2.19. The number of hydrogen-bond acceptors (Lipinski definition) is 4. The summed E-state index contributed by atoms with van der Waals surface area (Å²) in [6, 6.07) is 8.21. The SMILES string of the molecule is CCOc1ccc(C(CN)c2cc(C)nn2CCO)cc1C. The van der Waals surface area contributed by atoms with Crippen LogP contribution in [0, 0.1) is 13.8 Å². The fourth-order valence-corrected chi connectivity index (χ4v) is 2.75. The van der Waals surface area contributed by atoms with Gasteiger partial charge in [-0.2, -0.15) is 5.10 Å². The molecular weight excluding hydrogens is 278 g/mol. The van der Waals surface area contributed by atoms with Crippen LogP contribution in [0.25, 0.3) is 0 Å². The largest absolute Gasteiger partial charge is 0.494 e. The lowest BCUT2D eigenvalue weighted by Crippen LogP contribution is -2.19. The molecule has 0 amide bonds. The van der Waals surface area contributed by atoms with Crippen LogP contribution in [-0.2, 0) is 6.54 Å². The van der Waals surface area contributed by atoms with E-state index in [0.29, 0.717) is 19.7 Å². The van der Waals surface area contributed by atoms with Gasteiger partial charge in [-0.15, -0.1) is 0 Å². The molecule has 3 N–H and O–H groups in total. The molecule has 5 heteroatoms. The minimum absolute atomic E-state index is 0.0575. The first kappa shape index (κ1) is 16.5. The second-order valence-electron chi connectivity index (χ2n) is 5.40. The number of nitrogens with zero attached hydrogens (tertiary/aromatic N) is 2. The van der Waals surface area contributed by atoms with Gasteiger partial charge in [-0.1, -0.05) is 12.1 Å². The lowest BCUT2D eigenvalue weighted by atomic mass is 9.94. The summed E-state index contributed by atoms with van der Waals surface area (Å²) < 4.78 is 7.44. The molecule has 2 aromatic rings. The maximum atomic E-state index is 9.21. The predicted octanol–water partition coefficient (Wildman–Crippen LogP) is 1.98. The van der Waals surface area contributed by atoms with Crippen molar-refractivity contribution in [2.75, 3.05) is 19.8 Å². The molecular formula is C17H25N3O2. The van der Waals surface area contributed by atoms with Crippen LogP contribution in [0.4, 0.5) is 0 Å². The van der Waals surface area contributed by atoms with E-state index in [-0.39, 0.29) is 12.5 Å². The van der Waals surface area contributed by atoms with Crippen LogP contribution in [0.1, 0.15) is 35.4 Å². The van der Waals surface area contributed by atoms with Crippen LogP contribution in [0.2, 0.25) is 0 Å². The fraction of sp³-hybridized carbons (Fsp3) is 0.471. The van der Waals surface area contributed by atoms with E-state index in [1.54, 1.807) is 0 Å². The highest BCUT2D eigenvalue weighted by atomic mass is 16.5. The number of hydrogen-bond donors (Lipinski definition) is 2. The number of nitrogens with two attached hydrogens (primary N) is 1. The fourth-order valence-electron chi connectivity index (χ4n) is 2.75. The summed E-state index contributed by atoms with van der Waals surface area (Å²) >= 11 is 0. The minimum atomic E-state index is 0.0575. The second-order valence-corrected chi connectivity index (χ2v) is 5.40. The van der Waals surface area contributed by atoms with Crippen molar-refractivity contribution in [1.82, 2.24) is 9.78 Å². The van der Waals surface area contributed by atoms with Gasteiger partial charge in [-0.05, 0) is 44.0 Å². The van der Waals surface area contributed by atoms with E-state index >= 15 is 0 Å². The van der Waals surface area contributed by atoms with Crippen molar-refractivity contribution in [2.45, 2.75) is 33.2 Å². The van der Waals surface area contributed by atoms with E-state index in [4.69, 9.17) is 10.5 Å². The lowest BCUT2D eigenvalue weighted by Gasteiger charge is -2.18. The molecule has 2 rings (SSSR count). The zero-order chi connectivity index (χ0) is 16.1. The molecule has 0 aliphatic carbocycles. The molecule has 5 nitrogen and oxygen atoms in total. The van der Waals surface area contributed by atoms with Crippen molar-refractivity contribution in [2.24, 2.45) is 5.73 Å². The molecule has 0 fully saturated rings. The van der Waals surface area contributed by atoms with E-state index in [0.717, 1.165) is 28.3 Å². The Morgan fingerprint density at radius 1 is 1.32 bits per heavy atom. The Labute approximate surface area is 131 Å². The van der Waals surface area contributed by atoms with Crippen molar-refractivity contribution in [1.29, 1.82) is 0 Å². The average Bonchev–Trinajstić information content (AvgIpc) is 2.84. The Balaban J connectivity index is 2.38. The van der Waals surface area contributed by atoms with Gasteiger partial charge >= 0.3 is 0 Å². The molecule has 0 saturated heterocycles. The first-order chi connectivity index (χ1) is 10.6. The lowest BCUT2D eigenvalue weighted by molar-refractivity contribution is 0.266. The monoisotopic (exact) mass is 303 g/mol. The third kappa shape index (κ3) is 3.48. The highest BCUT2D eigenvalue weighted by Crippen LogP contribution is 2.28. The zero-order valence-corrected chi connectivity index (χ0v) is 13.5.